The van der Waals surface area contributed by atoms with Crippen LogP contribution in [0.3, 0.4) is 0 Å². The molecule has 1 aromatic carbocycles. The fourth-order valence-corrected chi connectivity index (χ4v) is 2.84. The SMILES string of the molecule is CC(=O)N[C@@H](C)CN1CCCc2c(N)cccc2C1. The third-order valence-electron chi connectivity index (χ3n) is 3.59. The molecule has 4 nitrogen and oxygen atoms in total. The minimum atomic E-state index is 0.0342. The van der Waals surface area contributed by atoms with E-state index in [1.165, 1.54) is 11.1 Å². The number of anilines is 1. The Morgan fingerprint density at radius 1 is 1.53 bits per heavy atom. The van der Waals surface area contributed by atoms with E-state index in [-0.39, 0.29) is 11.9 Å². The van der Waals surface area contributed by atoms with E-state index in [1.807, 2.05) is 19.1 Å². The van der Waals surface area contributed by atoms with Crippen LogP contribution in [0.2, 0.25) is 0 Å². The molecule has 104 valence electrons. The predicted molar refractivity (Wildman–Crippen MR) is 77.7 cm³/mol. The van der Waals surface area contributed by atoms with Gasteiger partial charge in [-0.15, -0.1) is 0 Å². The highest BCUT2D eigenvalue weighted by Gasteiger charge is 2.17. The van der Waals surface area contributed by atoms with Gasteiger partial charge in [0.25, 0.3) is 0 Å². The summed E-state index contributed by atoms with van der Waals surface area (Å²) in [7, 11) is 0. The van der Waals surface area contributed by atoms with Crippen LogP contribution in [0.1, 0.15) is 31.4 Å². The fraction of sp³-hybridized carbons (Fsp3) is 0.533. The van der Waals surface area contributed by atoms with Crippen molar-refractivity contribution in [2.24, 2.45) is 0 Å². The number of benzene rings is 1. The summed E-state index contributed by atoms with van der Waals surface area (Å²) >= 11 is 0. The number of fused-ring (bicyclic) bond motifs is 1. The predicted octanol–water partition coefficient (Wildman–Crippen LogP) is 1.54. The van der Waals surface area contributed by atoms with Crippen LogP contribution < -0.4 is 11.1 Å². The lowest BCUT2D eigenvalue weighted by Crippen LogP contribution is -2.41. The molecule has 0 aromatic heterocycles. The minimum absolute atomic E-state index is 0.0342. The van der Waals surface area contributed by atoms with Crippen LogP contribution in [0.25, 0.3) is 0 Å². The topological polar surface area (TPSA) is 58.4 Å². The lowest BCUT2D eigenvalue weighted by molar-refractivity contribution is -0.119. The Balaban J connectivity index is 2.03. The van der Waals surface area contributed by atoms with Gasteiger partial charge in [-0.3, -0.25) is 9.69 Å². The first kappa shape index (κ1) is 13.9. The molecular weight excluding hydrogens is 238 g/mol. The molecule has 1 aliphatic rings. The molecule has 0 unspecified atom stereocenters. The van der Waals surface area contributed by atoms with Crippen molar-refractivity contribution in [2.75, 3.05) is 18.8 Å². The van der Waals surface area contributed by atoms with Crippen LogP contribution >= 0.6 is 0 Å². The van der Waals surface area contributed by atoms with Crippen molar-refractivity contribution in [3.05, 3.63) is 29.3 Å². The summed E-state index contributed by atoms with van der Waals surface area (Å²) in [5, 5.41) is 2.94. The number of carbonyl (C=O) groups is 1. The summed E-state index contributed by atoms with van der Waals surface area (Å²) in [6.07, 6.45) is 2.17. The average molecular weight is 261 g/mol. The number of hydrogen-bond acceptors (Lipinski definition) is 3. The van der Waals surface area contributed by atoms with Crippen molar-refractivity contribution in [3.8, 4) is 0 Å². The van der Waals surface area contributed by atoms with Gasteiger partial charge in [0, 0.05) is 31.7 Å². The third-order valence-corrected chi connectivity index (χ3v) is 3.59. The average Bonchev–Trinajstić information content (AvgIpc) is 2.50. The maximum atomic E-state index is 11.1. The van der Waals surface area contributed by atoms with E-state index in [0.717, 1.165) is 38.2 Å². The Labute approximate surface area is 115 Å². The third kappa shape index (κ3) is 3.70. The first-order valence-corrected chi connectivity index (χ1v) is 6.92. The number of rotatable bonds is 3. The van der Waals surface area contributed by atoms with Gasteiger partial charge in [-0.1, -0.05) is 12.1 Å². The number of carbonyl (C=O) groups excluding carboxylic acids is 1. The summed E-state index contributed by atoms with van der Waals surface area (Å²) < 4.78 is 0. The maximum Gasteiger partial charge on any atom is 0.217 e. The van der Waals surface area contributed by atoms with Gasteiger partial charge in [0.15, 0.2) is 0 Å². The standard InChI is InChI=1S/C15H23N3O/c1-11(17-12(2)19)9-18-8-4-6-14-13(10-18)5-3-7-15(14)16/h3,5,7,11H,4,6,8-10,16H2,1-2H3,(H,17,19)/t11-/m0/s1. The molecule has 1 heterocycles. The fourth-order valence-electron chi connectivity index (χ4n) is 2.84. The lowest BCUT2D eigenvalue weighted by Gasteiger charge is -2.24. The number of hydrogen-bond donors (Lipinski definition) is 2. The number of nitrogens with zero attached hydrogens (tertiary/aromatic N) is 1. The van der Waals surface area contributed by atoms with E-state index >= 15 is 0 Å². The van der Waals surface area contributed by atoms with Crippen molar-refractivity contribution in [1.29, 1.82) is 0 Å². The van der Waals surface area contributed by atoms with Gasteiger partial charge in [0.1, 0.15) is 0 Å². The summed E-state index contributed by atoms with van der Waals surface area (Å²) in [4.78, 5) is 13.5. The maximum absolute atomic E-state index is 11.1. The second-order valence-corrected chi connectivity index (χ2v) is 5.43. The Bertz CT molecular complexity index is 459. The number of nitrogen functional groups attached to an aromatic ring is 1. The molecule has 0 fully saturated rings. The van der Waals surface area contributed by atoms with Gasteiger partial charge in [-0.25, -0.2) is 0 Å². The molecule has 1 amide bonds. The molecule has 2 rings (SSSR count). The van der Waals surface area contributed by atoms with E-state index in [9.17, 15) is 4.79 Å². The Morgan fingerprint density at radius 3 is 3.05 bits per heavy atom. The largest absolute Gasteiger partial charge is 0.398 e. The summed E-state index contributed by atoms with van der Waals surface area (Å²) in [6, 6.07) is 6.34. The van der Waals surface area contributed by atoms with E-state index in [0.29, 0.717) is 0 Å². The Morgan fingerprint density at radius 2 is 2.32 bits per heavy atom. The zero-order chi connectivity index (χ0) is 13.8. The smallest absolute Gasteiger partial charge is 0.217 e. The van der Waals surface area contributed by atoms with Gasteiger partial charge in [0.05, 0.1) is 0 Å². The van der Waals surface area contributed by atoms with Crippen molar-refractivity contribution < 1.29 is 4.79 Å². The van der Waals surface area contributed by atoms with Gasteiger partial charge in [-0.05, 0) is 43.5 Å². The first-order chi connectivity index (χ1) is 9.06. The molecule has 3 N–H and O–H groups in total. The highest BCUT2D eigenvalue weighted by atomic mass is 16.1. The first-order valence-electron chi connectivity index (χ1n) is 6.92. The molecule has 1 aromatic rings. The van der Waals surface area contributed by atoms with E-state index in [4.69, 9.17) is 5.73 Å². The highest BCUT2D eigenvalue weighted by Crippen LogP contribution is 2.23. The second-order valence-electron chi connectivity index (χ2n) is 5.43. The summed E-state index contributed by atoms with van der Waals surface area (Å²) in [6.45, 7) is 6.47. The molecule has 19 heavy (non-hydrogen) atoms. The monoisotopic (exact) mass is 261 g/mol. The normalized spacial score (nSPS) is 17.4. The number of amides is 1. The zero-order valence-electron chi connectivity index (χ0n) is 11.8. The summed E-state index contributed by atoms with van der Waals surface area (Å²) in [5.74, 6) is 0.0342. The van der Waals surface area contributed by atoms with E-state index in [2.05, 4.69) is 16.3 Å². The van der Waals surface area contributed by atoms with Crippen molar-refractivity contribution in [2.45, 2.75) is 39.3 Å². The molecular formula is C15H23N3O. The van der Waals surface area contributed by atoms with Crippen molar-refractivity contribution >= 4 is 11.6 Å². The van der Waals surface area contributed by atoms with Crippen LogP contribution in [-0.4, -0.2) is 29.9 Å². The number of nitrogens with one attached hydrogen (secondary N) is 1. The van der Waals surface area contributed by atoms with Crippen molar-refractivity contribution in [3.63, 3.8) is 0 Å². The molecule has 1 aliphatic heterocycles. The molecule has 0 bridgehead atoms. The van der Waals surface area contributed by atoms with Crippen LogP contribution in [0, 0.1) is 0 Å². The van der Waals surface area contributed by atoms with E-state index < -0.39 is 0 Å². The lowest BCUT2D eigenvalue weighted by atomic mass is 10.0. The van der Waals surface area contributed by atoms with Crippen LogP contribution in [-0.2, 0) is 17.8 Å². The van der Waals surface area contributed by atoms with E-state index in [1.54, 1.807) is 6.92 Å². The van der Waals surface area contributed by atoms with Gasteiger partial charge >= 0.3 is 0 Å². The zero-order valence-corrected chi connectivity index (χ0v) is 11.8. The second kappa shape index (κ2) is 6.06. The molecule has 0 spiro atoms. The highest BCUT2D eigenvalue weighted by molar-refractivity contribution is 5.73. The van der Waals surface area contributed by atoms with Crippen molar-refractivity contribution in [1.82, 2.24) is 10.2 Å². The molecule has 0 saturated carbocycles. The molecule has 1 atom stereocenters. The number of nitrogens with two attached hydrogens (primary N) is 1. The Hall–Kier alpha value is -1.55. The molecule has 4 heteroatoms. The molecule has 0 saturated heterocycles. The summed E-state index contributed by atoms with van der Waals surface area (Å²) in [5.41, 5.74) is 9.59. The van der Waals surface area contributed by atoms with Gasteiger partial charge < -0.3 is 11.1 Å². The van der Waals surface area contributed by atoms with Gasteiger partial charge in [-0.2, -0.15) is 0 Å². The minimum Gasteiger partial charge on any atom is -0.398 e. The van der Waals surface area contributed by atoms with Crippen LogP contribution in [0.15, 0.2) is 18.2 Å². The Kier molecular flexibility index (Phi) is 4.43. The molecule has 0 radical (unpaired) electrons. The van der Waals surface area contributed by atoms with Crippen LogP contribution in [0.4, 0.5) is 5.69 Å². The quantitative estimate of drug-likeness (QED) is 0.812. The molecule has 0 aliphatic carbocycles. The van der Waals surface area contributed by atoms with Crippen LogP contribution in [0.5, 0.6) is 0 Å². The van der Waals surface area contributed by atoms with Gasteiger partial charge in [0.2, 0.25) is 5.91 Å².